The number of imide groups is 1. The topological polar surface area (TPSA) is 102 Å². The number of carbonyl (C=O) groups excluding carboxylic acids is 4. The number of methoxy groups -OCH3 is 1. The number of anilines is 1. The first kappa shape index (κ1) is 24.4. The molecule has 2 aromatic rings. The van der Waals surface area contributed by atoms with Crippen LogP contribution in [-0.2, 0) is 19.1 Å². The van der Waals surface area contributed by atoms with E-state index in [1.807, 2.05) is 0 Å². The Morgan fingerprint density at radius 3 is 2.64 bits per heavy atom. The number of nitrogens with one attached hydrogen (secondary N) is 1. The third-order valence-electron chi connectivity index (χ3n) is 4.21. The second-order valence-electron chi connectivity index (χ2n) is 6.49. The van der Waals surface area contributed by atoms with Crippen molar-refractivity contribution in [3.8, 4) is 5.75 Å². The van der Waals surface area contributed by atoms with Crippen LogP contribution in [0.1, 0.15) is 5.56 Å². The van der Waals surface area contributed by atoms with Gasteiger partial charge in [0.2, 0.25) is 5.91 Å². The normalized spacial score (nSPS) is 14.5. The quantitative estimate of drug-likeness (QED) is 0.419. The van der Waals surface area contributed by atoms with Crippen molar-refractivity contribution in [2.45, 2.75) is 0 Å². The maximum Gasteiger partial charge on any atom is 0.343 e. The van der Waals surface area contributed by atoms with Crippen LogP contribution in [0.3, 0.4) is 0 Å². The standard InChI is InChI=1S/C21H15BrF2N2O6S/c1-31-19(28)10-32-16-5-2-12(22)6-11(16)7-17-20(29)26(21(30)33-17)9-18(27)25-15-4-3-13(23)8-14(15)24/h2-8H,9-10H2,1H3,(H,25,27)/b17-7+. The molecule has 1 saturated heterocycles. The summed E-state index contributed by atoms with van der Waals surface area (Å²) in [5, 5.41) is 1.49. The number of nitrogens with zero attached hydrogens (tertiary/aromatic N) is 1. The van der Waals surface area contributed by atoms with Gasteiger partial charge in [-0.25, -0.2) is 13.6 Å². The summed E-state index contributed by atoms with van der Waals surface area (Å²) in [6.07, 6.45) is 1.39. The molecule has 0 atom stereocenters. The van der Waals surface area contributed by atoms with E-state index in [2.05, 4.69) is 26.0 Å². The number of hydrogen-bond donors (Lipinski definition) is 1. The highest BCUT2D eigenvalue weighted by Crippen LogP contribution is 2.35. The van der Waals surface area contributed by atoms with Crippen molar-refractivity contribution in [3.05, 3.63) is 63.0 Å². The molecule has 0 aliphatic carbocycles. The van der Waals surface area contributed by atoms with Crippen LogP contribution in [0.4, 0.5) is 19.3 Å². The van der Waals surface area contributed by atoms with Gasteiger partial charge in [-0.15, -0.1) is 0 Å². The van der Waals surface area contributed by atoms with Crippen LogP contribution in [0.2, 0.25) is 0 Å². The van der Waals surface area contributed by atoms with Gasteiger partial charge in [0.25, 0.3) is 11.1 Å². The maximum absolute atomic E-state index is 13.7. The highest BCUT2D eigenvalue weighted by molar-refractivity contribution is 9.10. The van der Waals surface area contributed by atoms with E-state index < -0.39 is 41.2 Å². The molecular weight excluding hydrogens is 526 g/mol. The van der Waals surface area contributed by atoms with Gasteiger partial charge in [-0.2, -0.15) is 0 Å². The van der Waals surface area contributed by atoms with Gasteiger partial charge >= 0.3 is 5.97 Å². The SMILES string of the molecule is COC(=O)COc1ccc(Br)cc1/C=C1/SC(=O)N(CC(=O)Nc2ccc(F)cc2F)C1=O. The number of benzene rings is 2. The summed E-state index contributed by atoms with van der Waals surface area (Å²) >= 11 is 3.91. The predicted octanol–water partition coefficient (Wildman–Crippen LogP) is 3.95. The Bertz CT molecular complexity index is 1170. The fourth-order valence-electron chi connectivity index (χ4n) is 2.66. The Labute approximate surface area is 199 Å². The molecule has 3 rings (SSSR count). The number of halogens is 3. The third kappa shape index (κ3) is 6.17. The number of esters is 1. The van der Waals surface area contributed by atoms with Crippen molar-refractivity contribution < 1.29 is 37.4 Å². The van der Waals surface area contributed by atoms with Crippen LogP contribution in [0.15, 0.2) is 45.8 Å². The van der Waals surface area contributed by atoms with E-state index in [4.69, 9.17) is 4.74 Å². The average Bonchev–Trinajstić information content (AvgIpc) is 3.02. The largest absolute Gasteiger partial charge is 0.481 e. The minimum atomic E-state index is -0.994. The van der Waals surface area contributed by atoms with Gasteiger partial charge in [0.1, 0.15) is 23.9 Å². The lowest BCUT2D eigenvalue weighted by Gasteiger charge is -2.13. The lowest BCUT2D eigenvalue weighted by atomic mass is 10.2. The monoisotopic (exact) mass is 540 g/mol. The number of amides is 3. The summed E-state index contributed by atoms with van der Waals surface area (Å²) in [6, 6.07) is 7.42. The van der Waals surface area contributed by atoms with Gasteiger partial charge in [-0.1, -0.05) is 15.9 Å². The molecule has 0 spiro atoms. The van der Waals surface area contributed by atoms with Crippen LogP contribution in [0.25, 0.3) is 6.08 Å². The Morgan fingerprint density at radius 2 is 1.94 bits per heavy atom. The summed E-state index contributed by atoms with van der Waals surface area (Å²) in [7, 11) is 1.21. The molecule has 2 aromatic carbocycles. The number of rotatable bonds is 7. The molecule has 1 aliphatic rings. The minimum Gasteiger partial charge on any atom is -0.481 e. The van der Waals surface area contributed by atoms with Crippen molar-refractivity contribution in [2.24, 2.45) is 0 Å². The fourth-order valence-corrected chi connectivity index (χ4v) is 3.87. The summed E-state index contributed by atoms with van der Waals surface area (Å²) in [4.78, 5) is 49.3. The van der Waals surface area contributed by atoms with Gasteiger partial charge in [0.05, 0.1) is 17.7 Å². The summed E-state index contributed by atoms with van der Waals surface area (Å²) in [6.45, 7) is -1.02. The first-order valence-corrected chi connectivity index (χ1v) is 10.8. The Balaban J connectivity index is 1.75. The van der Waals surface area contributed by atoms with Crippen LogP contribution in [0, 0.1) is 11.6 Å². The van der Waals surface area contributed by atoms with Crippen LogP contribution in [0.5, 0.6) is 5.75 Å². The average molecular weight is 541 g/mol. The predicted molar refractivity (Wildman–Crippen MR) is 119 cm³/mol. The molecule has 0 aromatic heterocycles. The summed E-state index contributed by atoms with van der Waals surface area (Å²) in [5.74, 6) is -3.73. The number of ether oxygens (including phenoxy) is 2. The van der Waals surface area contributed by atoms with Gasteiger partial charge < -0.3 is 14.8 Å². The molecule has 12 heteroatoms. The number of carbonyl (C=O) groups is 4. The number of hydrogen-bond acceptors (Lipinski definition) is 7. The van der Waals surface area contributed by atoms with Crippen LogP contribution in [-0.4, -0.2) is 48.2 Å². The van der Waals surface area contributed by atoms with E-state index in [1.54, 1.807) is 18.2 Å². The van der Waals surface area contributed by atoms with E-state index >= 15 is 0 Å². The van der Waals surface area contributed by atoms with Crippen molar-refractivity contribution in [2.75, 3.05) is 25.6 Å². The molecule has 1 aliphatic heterocycles. The molecule has 1 heterocycles. The van der Waals surface area contributed by atoms with E-state index in [0.717, 1.165) is 12.1 Å². The molecule has 0 saturated carbocycles. The molecule has 33 heavy (non-hydrogen) atoms. The van der Waals surface area contributed by atoms with Crippen molar-refractivity contribution >= 4 is 62.5 Å². The van der Waals surface area contributed by atoms with Gasteiger partial charge in [0.15, 0.2) is 6.61 Å². The lowest BCUT2D eigenvalue weighted by Crippen LogP contribution is -2.36. The first-order chi connectivity index (χ1) is 15.7. The highest BCUT2D eigenvalue weighted by Gasteiger charge is 2.36. The zero-order chi connectivity index (χ0) is 24.1. The third-order valence-corrected chi connectivity index (χ3v) is 5.61. The van der Waals surface area contributed by atoms with E-state index in [-0.39, 0.29) is 22.9 Å². The van der Waals surface area contributed by atoms with Crippen LogP contribution >= 0.6 is 27.7 Å². The van der Waals surface area contributed by atoms with Crippen molar-refractivity contribution in [1.29, 1.82) is 0 Å². The Morgan fingerprint density at radius 1 is 1.18 bits per heavy atom. The second-order valence-corrected chi connectivity index (χ2v) is 8.40. The Kier molecular flexibility index (Phi) is 7.82. The number of thioether (sulfide) groups is 1. The highest BCUT2D eigenvalue weighted by atomic mass is 79.9. The molecule has 0 unspecified atom stereocenters. The zero-order valence-corrected chi connectivity index (χ0v) is 19.3. The molecular formula is C21H15BrF2N2O6S. The second kappa shape index (κ2) is 10.6. The minimum absolute atomic E-state index is 0.0155. The van der Waals surface area contributed by atoms with Gasteiger partial charge in [-0.3, -0.25) is 19.3 Å². The van der Waals surface area contributed by atoms with E-state index in [9.17, 15) is 28.0 Å². The molecule has 172 valence electrons. The molecule has 0 bridgehead atoms. The first-order valence-electron chi connectivity index (χ1n) is 9.17. The molecule has 3 amide bonds. The lowest BCUT2D eigenvalue weighted by molar-refractivity contribution is -0.142. The maximum atomic E-state index is 13.7. The van der Waals surface area contributed by atoms with Gasteiger partial charge in [-0.05, 0) is 48.2 Å². The summed E-state index contributed by atoms with van der Waals surface area (Å²) < 4.78 is 37.3. The van der Waals surface area contributed by atoms with E-state index in [0.29, 0.717) is 32.8 Å². The molecule has 8 nitrogen and oxygen atoms in total. The van der Waals surface area contributed by atoms with Crippen LogP contribution < -0.4 is 10.1 Å². The van der Waals surface area contributed by atoms with E-state index in [1.165, 1.54) is 13.2 Å². The van der Waals surface area contributed by atoms with Crippen molar-refractivity contribution in [3.63, 3.8) is 0 Å². The van der Waals surface area contributed by atoms with Crippen molar-refractivity contribution in [1.82, 2.24) is 4.90 Å². The molecule has 0 radical (unpaired) electrons. The zero-order valence-electron chi connectivity index (χ0n) is 16.9. The molecule has 1 N–H and O–H groups in total. The Hall–Kier alpha value is -3.25. The smallest absolute Gasteiger partial charge is 0.343 e. The summed E-state index contributed by atoms with van der Waals surface area (Å²) in [5.41, 5.74) is 0.113. The van der Waals surface area contributed by atoms with Gasteiger partial charge in [0, 0.05) is 16.1 Å². The molecule has 1 fully saturated rings. The fraction of sp³-hybridized carbons (Fsp3) is 0.143.